The van der Waals surface area contributed by atoms with Crippen LogP contribution >= 0.6 is 0 Å². The second-order valence-electron chi connectivity index (χ2n) is 8.82. The van der Waals surface area contributed by atoms with Crippen molar-refractivity contribution in [2.75, 3.05) is 19.6 Å². The van der Waals surface area contributed by atoms with Gasteiger partial charge in [0.15, 0.2) is 0 Å². The first kappa shape index (κ1) is 22.2. The van der Waals surface area contributed by atoms with Gasteiger partial charge in [0, 0.05) is 44.4 Å². The van der Waals surface area contributed by atoms with Crippen LogP contribution in [0.15, 0.2) is 73.3 Å². The Morgan fingerprint density at radius 3 is 2.28 bits per heavy atom. The van der Waals surface area contributed by atoms with Gasteiger partial charge in [0.05, 0.1) is 5.41 Å². The smallest absolute Gasteiger partial charge is 0.227 e. The predicted octanol–water partition coefficient (Wildman–Crippen LogP) is 4.49. The molecule has 32 heavy (non-hydrogen) atoms. The minimum absolute atomic E-state index is 0.192. The molecule has 3 heterocycles. The summed E-state index contributed by atoms with van der Waals surface area (Å²) in [5.74, 6) is 0.192. The number of benzene rings is 1. The average molecular weight is 429 g/mol. The van der Waals surface area contributed by atoms with Gasteiger partial charge >= 0.3 is 0 Å². The zero-order valence-electron chi connectivity index (χ0n) is 18.8. The van der Waals surface area contributed by atoms with Crippen molar-refractivity contribution >= 4 is 5.91 Å². The van der Waals surface area contributed by atoms with Crippen LogP contribution in [0.1, 0.15) is 37.3 Å². The molecule has 1 N–H and O–H groups in total. The second-order valence-corrected chi connectivity index (χ2v) is 8.82. The minimum Gasteiger partial charge on any atom is -0.356 e. The molecular weight excluding hydrogens is 396 g/mol. The molecule has 1 atom stereocenters. The summed E-state index contributed by atoms with van der Waals surface area (Å²) in [6, 6.07) is 16.8. The molecule has 3 aromatic rings. The SMILES string of the molecule is CCCNC(=O)C1(Cc2ccc(-c3ccncc3)cc2)CCCN(Cc2ccncc2)C1. The predicted molar refractivity (Wildman–Crippen MR) is 128 cm³/mol. The Hall–Kier alpha value is -3.05. The summed E-state index contributed by atoms with van der Waals surface area (Å²) >= 11 is 0. The van der Waals surface area contributed by atoms with E-state index in [-0.39, 0.29) is 5.91 Å². The summed E-state index contributed by atoms with van der Waals surface area (Å²) in [6.07, 6.45) is 11.0. The largest absolute Gasteiger partial charge is 0.356 e. The number of pyridine rings is 2. The van der Waals surface area contributed by atoms with Crippen LogP contribution in [0, 0.1) is 5.41 Å². The Bertz CT molecular complexity index is 991. The van der Waals surface area contributed by atoms with E-state index < -0.39 is 5.41 Å². The van der Waals surface area contributed by atoms with Crippen LogP contribution in [0.25, 0.3) is 11.1 Å². The Kier molecular flexibility index (Phi) is 7.28. The molecule has 5 heteroatoms. The normalized spacial score (nSPS) is 18.9. The zero-order chi connectivity index (χ0) is 22.2. The fourth-order valence-corrected chi connectivity index (χ4v) is 4.69. The van der Waals surface area contributed by atoms with Gasteiger partial charge in [0.25, 0.3) is 0 Å². The van der Waals surface area contributed by atoms with Gasteiger partial charge in [-0.15, -0.1) is 0 Å². The molecule has 2 aromatic heterocycles. The molecule has 4 rings (SSSR count). The summed E-state index contributed by atoms with van der Waals surface area (Å²) in [5, 5.41) is 3.20. The molecule has 0 radical (unpaired) electrons. The first-order chi connectivity index (χ1) is 15.7. The van der Waals surface area contributed by atoms with Crippen molar-refractivity contribution in [3.8, 4) is 11.1 Å². The number of nitrogens with one attached hydrogen (secondary N) is 1. The molecule has 1 fully saturated rings. The Labute approximate surface area is 190 Å². The fraction of sp³-hybridized carbons (Fsp3) is 0.370. The molecular formula is C27H32N4O. The second kappa shape index (κ2) is 10.5. The number of rotatable bonds is 8. The number of hydrogen-bond donors (Lipinski definition) is 1. The van der Waals surface area contributed by atoms with Crippen molar-refractivity contribution in [1.82, 2.24) is 20.2 Å². The topological polar surface area (TPSA) is 58.1 Å². The van der Waals surface area contributed by atoms with Gasteiger partial charge in [-0.1, -0.05) is 31.2 Å². The van der Waals surface area contributed by atoms with Gasteiger partial charge in [-0.05, 0) is 78.7 Å². The van der Waals surface area contributed by atoms with E-state index in [9.17, 15) is 4.79 Å². The molecule has 1 aliphatic rings. The van der Waals surface area contributed by atoms with E-state index in [0.29, 0.717) is 0 Å². The number of aromatic nitrogens is 2. The van der Waals surface area contributed by atoms with E-state index in [4.69, 9.17) is 0 Å². The van der Waals surface area contributed by atoms with E-state index in [1.807, 2.05) is 36.9 Å². The lowest BCUT2D eigenvalue weighted by molar-refractivity contribution is -0.134. The highest BCUT2D eigenvalue weighted by molar-refractivity contribution is 5.83. The summed E-state index contributed by atoms with van der Waals surface area (Å²) in [4.78, 5) is 24.1. The quantitative estimate of drug-likeness (QED) is 0.574. The van der Waals surface area contributed by atoms with Crippen LogP contribution in [-0.2, 0) is 17.8 Å². The molecule has 1 aromatic carbocycles. The molecule has 1 amide bonds. The molecule has 1 saturated heterocycles. The third kappa shape index (κ3) is 5.40. The maximum Gasteiger partial charge on any atom is 0.227 e. The third-order valence-electron chi connectivity index (χ3n) is 6.34. The van der Waals surface area contributed by atoms with E-state index in [1.54, 1.807) is 0 Å². The van der Waals surface area contributed by atoms with Crippen molar-refractivity contribution in [1.29, 1.82) is 0 Å². The molecule has 0 spiro atoms. The van der Waals surface area contributed by atoms with Gasteiger partial charge in [0.1, 0.15) is 0 Å². The van der Waals surface area contributed by atoms with E-state index in [2.05, 4.69) is 63.5 Å². The Morgan fingerprint density at radius 1 is 0.938 bits per heavy atom. The average Bonchev–Trinajstić information content (AvgIpc) is 2.84. The minimum atomic E-state index is -0.404. The van der Waals surface area contributed by atoms with Crippen LogP contribution in [0.2, 0.25) is 0 Å². The van der Waals surface area contributed by atoms with E-state index in [0.717, 1.165) is 57.4 Å². The first-order valence-electron chi connectivity index (χ1n) is 11.6. The molecule has 5 nitrogen and oxygen atoms in total. The highest BCUT2D eigenvalue weighted by Gasteiger charge is 2.42. The van der Waals surface area contributed by atoms with Gasteiger partial charge in [0.2, 0.25) is 5.91 Å². The number of amides is 1. The molecule has 1 unspecified atom stereocenters. The number of hydrogen-bond acceptors (Lipinski definition) is 4. The van der Waals surface area contributed by atoms with Gasteiger partial charge in [-0.2, -0.15) is 0 Å². The van der Waals surface area contributed by atoms with Crippen molar-refractivity contribution in [2.45, 2.75) is 39.2 Å². The highest BCUT2D eigenvalue weighted by Crippen LogP contribution is 2.35. The summed E-state index contributed by atoms with van der Waals surface area (Å²) < 4.78 is 0. The molecule has 0 saturated carbocycles. The van der Waals surface area contributed by atoms with Crippen LogP contribution in [0.5, 0.6) is 0 Å². The Morgan fingerprint density at radius 2 is 1.59 bits per heavy atom. The van der Waals surface area contributed by atoms with Crippen molar-refractivity contribution in [2.24, 2.45) is 5.41 Å². The van der Waals surface area contributed by atoms with Gasteiger partial charge in [-0.25, -0.2) is 0 Å². The number of nitrogens with zero attached hydrogens (tertiary/aromatic N) is 3. The fourth-order valence-electron chi connectivity index (χ4n) is 4.69. The van der Waals surface area contributed by atoms with E-state index >= 15 is 0 Å². The molecule has 166 valence electrons. The number of carbonyl (C=O) groups is 1. The molecule has 0 bridgehead atoms. The van der Waals surface area contributed by atoms with Crippen molar-refractivity contribution < 1.29 is 4.79 Å². The van der Waals surface area contributed by atoms with Crippen LogP contribution in [-0.4, -0.2) is 40.4 Å². The third-order valence-corrected chi connectivity index (χ3v) is 6.34. The van der Waals surface area contributed by atoms with E-state index in [1.165, 1.54) is 16.7 Å². The lowest BCUT2D eigenvalue weighted by Crippen LogP contribution is -2.53. The maximum absolute atomic E-state index is 13.4. The van der Waals surface area contributed by atoms with Crippen molar-refractivity contribution in [3.63, 3.8) is 0 Å². The van der Waals surface area contributed by atoms with Crippen LogP contribution < -0.4 is 5.32 Å². The molecule has 1 aliphatic heterocycles. The standard InChI is InChI=1S/C27H32N4O/c1-2-13-30-26(32)27(12-3-18-31(21-27)20-23-8-14-28-15-9-23)19-22-4-6-24(7-5-22)25-10-16-29-17-11-25/h4-11,14-17H,2-3,12-13,18-21H2,1H3,(H,30,32). The zero-order valence-corrected chi connectivity index (χ0v) is 18.8. The first-order valence-corrected chi connectivity index (χ1v) is 11.6. The number of carbonyl (C=O) groups excluding carboxylic acids is 1. The van der Waals surface area contributed by atoms with Crippen molar-refractivity contribution in [3.05, 3.63) is 84.4 Å². The Balaban J connectivity index is 1.54. The highest BCUT2D eigenvalue weighted by atomic mass is 16.2. The molecule has 0 aliphatic carbocycles. The van der Waals surface area contributed by atoms with Gasteiger partial charge < -0.3 is 5.32 Å². The maximum atomic E-state index is 13.4. The lowest BCUT2D eigenvalue weighted by Gasteiger charge is -2.42. The lowest BCUT2D eigenvalue weighted by atomic mass is 9.74. The summed E-state index contributed by atoms with van der Waals surface area (Å²) in [6.45, 7) is 5.47. The number of likely N-dealkylation sites (tertiary alicyclic amines) is 1. The van der Waals surface area contributed by atoms with Gasteiger partial charge in [-0.3, -0.25) is 19.7 Å². The number of piperidine rings is 1. The monoisotopic (exact) mass is 428 g/mol. The summed E-state index contributed by atoms with van der Waals surface area (Å²) in [5.41, 5.74) is 4.37. The summed E-state index contributed by atoms with van der Waals surface area (Å²) in [7, 11) is 0. The van der Waals surface area contributed by atoms with Crippen LogP contribution in [0.4, 0.5) is 0 Å². The van der Waals surface area contributed by atoms with Crippen LogP contribution in [0.3, 0.4) is 0 Å².